The van der Waals surface area contributed by atoms with Crippen molar-refractivity contribution in [3.63, 3.8) is 0 Å². The number of nitrogens with zero attached hydrogens (tertiary/aromatic N) is 1. The van der Waals surface area contributed by atoms with Crippen LogP contribution in [0.2, 0.25) is 0 Å². The van der Waals surface area contributed by atoms with Crippen LogP contribution in [0, 0.1) is 0 Å². The van der Waals surface area contributed by atoms with Gasteiger partial charge in [-0.2, -0.15) is 0 Å². The Labute approximate surface area is 82.7 Å². The molecule has 1 aromatic rings. The first-order valence-corrected chi connectivity index (χ1v) is 4.64. The molecule has 0 aromatic carbocycles. The van der Waals surface area contributed by atoms with Gasteiger partial charge in [0, 0.05) is 25.4 Å². The van der Waals surface area contributed by atoms with Crippen LogP contribution in [0.15, 0.2) is 23.3 Å². The van der Waals surface area contributed by atoms with Crippen molar-refractivity contribution in [1.82, 2.24) is 4.98 Å². The van der Waals surface area contributed by atoms with Crippen LogP contribution in [-0.2, 0) is 4.79 Å². The molecule has 4 nitrogen and oxygen atoms in total. The average Bonchev–Trinajstić information content (AvgIpc) is 2.63. The lowest BCUT2D eigenvalue weighted by atomic mass is 10.2. The number of H-pyrrole nitrogens is 1. The van der Waals surface area contributed by atoms with Gasteiger partial charge in [0.2, 0.25) is 0 Å². The van der Waals surface area contributed by atoms with Gasteiger partial charge in [-0.15, -0.1) is 0 Å². The lowest BCUT2D eigenvalue weighted by Gasteiger charge is -1.92. The van der Waals surface area contributed by atoms with Gasteiger partial charge in [0.25, 0.3) is 0 Å². The lowest BCUT2D eigenvalue weighted by molar-refractivity contribution is -0.137. The minimum absolute atomic E-state index is 0.234. The van der Waals surface area contributed by atoms with E-state index >= 15 is 0 Å². The zero-order valence-electron chi connectivity index (χ0n) is 7.94. The molecule has 0 saturated heterocycles. The standard InChI is InChI=1S/C10H14N2O2/c13-10(14)5-1-2-6-11-8-9-4-3-7-12-9/h3-4,7-8,12H,1-2,5-6H2,(H,13,14)/b11-8+. The third kappa shape index (κ3) is 4.45. The Morgan fingerprint density at radius 1 is 1.57 bits per heavy atom. The SMILES string of the molecule is O=C(O)CCCC/N=C/c1ccc[nH]1. The van der Waals surface area contributed by atoms with E-state index in [9.17, 15) is 4.79 Å². The van der Waals surface area contributed by atoms with Gasteiger partial charge in [-0.25, -0.2) is 0 Å². The van der Waals surface area contributed by atoms with E-state index in [1.54, 1.807) is 6.21 Å². The summed E-state index contributed by atoms with van der Waals surface area (Å²) in [6, 6.07) is 3.84. The van der Waals surface area contributed by atoms with Gasteiger partial charge in [-0.1, -0.05) is 0 Å². The molecule has 1 heterocycles. The molecule has 0 radical (unpaired) electrons. The quantitative estimate of drug-likeness (QED) is 0.534. The summed E-state index contributed by atoms with van der Waals surface area (Å²) < 4.78 is 0. The van der Waals surface area contributed by atoms with Crippen molar-refractivity contribution in [3.05, 3.63) is 24.0 Å². The molecule has 0 aliphatic heterocycles. The number of carbonyl (C=O) groups is 1. The number of aromatic amines is 1. The van der Waals surface area contributed by atoms with Crippen LogP contribution >= 0.6 is 0 Å². The van der Waals surface area contributed by atoms with Gasteiger partial charge in [0.15, 0.2) is 0 Å². The van der Waals surface area contributed by atoms with Crippen LogP contribution in [-0.4, -0.2) is 28.8 Å². The predicted octanol–water partition coefficient (Wildman–Crippen LogP) is 1.69. The predicted molar refractivity (Wildman–Crippen MR) is 54.7 cm³/mol. The second kappa shape index (κ2) is 5.96. The summed E-state index contributed by atoms with van der Waals surface area (Å²) >= 11 is 0. The maximum absolute atomic E-state index is 10.2. The van der Waals surface area contributed by atoms with Gasteiger partial charge in [0.05, 0.1) is 5.69 Å². The highest BCUT2D eigenvalue weighted by molar-refractivity contribution is 5.76. The highest BCUT2D eigenvalue weighted by Crippen LogP contribution is 1.96. The van der Waals surface area contributed by atoms with Crippen molar-refractivity contribution >= 4 is 12.2 Å². The third-order valence-electron chi connectivity index (χ3n) is 1.78. The topological polar surface area (TPSA) is 65.4 Å². The van der Waals surface area contributed by atoms with E-state index in [-0.39, 0.29) is 6.42 Å². The fraction of sp³-hybridized carbons (Fsp3) is 0.400. The summed E-state index contributed by atoms with van der Waals surface area (Å²) in [5, 5.41) is 8.38. The lowest BCUT2D eigenvalue weighted by Crippen LogP contribution is -1.94. The summed E-state index contributed by atoms with van der Waals surface area (Å²) in [4.78, 5) is 17.3. The molecule has 0 saturated carbocycles. The van der Waals surface area contributed by atoms with Gasteiger partial charge >= 0.3 is 5.97 Å². The van der Waals surface area contributed by atoms with Crippen molar-refractivity contribution in [2.45, 2.75) is 19.3 Å². The summed E-state index contributed by atoms with van der Waals surface area (Å²) in [6.07, 6.45) is 5.35. The fourth-order valence-electron chi connectivity index (χ4n) is 1.07. The van der Waals surface area contributed by atoms with Crippen LogP contribution in [0.4, 0.5) is 0 Å². The van der Waals surface area contributed by atoms with Crippen molar-refractivity contribution in [2.75, 3.05) is 6.54 Å². The third-order valence-corrected chi connectivity index (χ3v) is 1.78. The number of carboxylic acid groups (broad SMARTS) is 1. The number of hydrogen-bond donors (Lipinski definition) is 2. The minimum atomic E-state index is -0.738. The molecular formula is C10H14N2O2. The molecule has 1 aromatic heterocycles. The number of rotatable bonds is 6. The molecule has 0 fully saturated rings. The normalized spacial score (nSPS) is 10.9. The van der Waals surface area contributed by atoms with Crippen molar-refractivity contribution in [1.29, 1.82) is 0 Å². The number of aromatic nitrogens is 1. The fourth-order valence-corrected chi connectivity index (χ4v) is 1.07. The first kappa shape index (κ1) is 10.5. The van der Waals surface area contributed by atoms with Gasteiger partial charge in [-0.3, -0.25) is 9.79 Å². The number of nitrogens with one attached hydrogen (secondary N) is 1. The highest BCUT2D eigenvalue weighted by atomic mass is 16.4. The molecular weight excluding hydrogens is 180 g/mol. The Morgan fingerprint density at radius 3 is 3.07 bits per heavy atom. The molecule has 0 bridgehead atoms. The Hall–Kier alpha value is -1.58. The van der Waals surface area contributed by atoms with Gasteiger partial charge in [0.1, 0.15) is 0 Å². The summed E-state index contributed by atoms with van der Waals surface area (Å²) in [5.74, 6) is -0.738. The molecule has 4 heteroatoms. The van der Waals surface area contributed by atoms with E-state index in [0.717, 1.165) is 12.1 Å². The minimum Gasteiger partial charge on any atom is -0.481 e. The summed E-state index contributed by atoms with van der Waals surface area (Å²) in [5.41, 5.74) is 0.975. The number of aliphatic carboxylic acids is 1. The summed E-state index contributed by atoms with van der Waals surface area (Å²) in [7, 11) is 0. The van der Waals surface area contributed by atoms with Crippen LogP contribution < -0.4 is 0 Å². The monoisotopic (exact) mass is 194 g/mol. The van der Waals surface area contributed by atoms with Gasteiger partial charge in [-0.05, 0) is 25.0 Å². The van der Waals surface area contributed by atoms with Crippen molar-refractivity contribution in [3.8, 4) is 0 Å². The maximum atomic E-state index is 10.2. The largest absolute Gasteiger partial charge is 0.481 e. The van der Waals surface area contributed by atoms with E-state index in [1.807, 2.05) is 18.3 Å². The molecule has 76 valence electrons. The van der Waals surface area contributed by atoms with E-state index in [2.05, 4.69) is 9.98 Å². The number of carboxylic acids is 1. The number of unbranched alkanes of at least 4 members (excludes halogenated alkanes) is 1. The van der Waals surface area contributed by atoms with Crippen LogP contribution in [0.3, 0.4) is 0 Å². The van der Waals surface area contributed by atoms with Crippen molar-refractivity contribution < 1.29 is 9.90 Å². The number of aliphatic imine (C=N–C) groups is 1. The van der Waals surface area contributed by atoms with Crippen LogP contribution in [0.25, 0.3) is 0 Å². The average molecular weight is 194 g/mol. The Kier molecular flexibility index (Phi) is 4.47. The van der Waals surface area contributed by atoms with Crippen molar-refractivity contribution in [2.24, 2.45) is 4.99 Å². The molecule has 1 rings (SSSR count). The maximum Gasteiger partial charge on any atom is 0.303 e. The molecule has 0 spiro atoms. The van der Waals surface area contributed by atoms with E-state index < -0.39 is 5.97 Å². The van der Waals surface area contributed by atoms with Gasteiger partial charge < -0.3 is 10.1 Å². The second-order valence-electron chi connectivity index (χ2n) is 3.01. The first-order valence-electron chi connectivity index (χ1n) is 4.64. The highest BCUT2D eigenvalue weighted by Gasteiger charge is 1.94. The van der Waals surface area contributed by atoms with E-state index in [1.165, 1.54) is 0 Å². The smallest absolute Gasteiger partial charge is 0.303 e. The van der Waals surface area contributed by atoms with E-state index in [4.69, 9.17) is 5.11 Å². The molecule has 0 aliphatic rings. The number of hydrogen-bond acceptors (Lipinski definition) is 2. The Bertz CT molecular complexity index is 291. The molecule has 2 N–H and O–H groups in total. The molecule has 0 amide bonds. The molecule has 0 aliphatic carbocycles. The summed E-state index contributed by atoms with van der Waals surface area (Å²) in [6.45, 7) is 0.687. The molecule has 0 atom stereocenters. The van der Waals surface area contributed by atoms with Crippen LogP contribution in [0.1, 0.15) is 25.0 Å². The first-order chi connectivity index (χ1) is 6.79. The van der Waals surface area contributed by atoms with Crippen LogP contribution in [0.5, 0.6) is 0 Å². The zero-order valence-corrected chi connectivity index (χ0v) is 7.94. The molecule has 14 heavy (non-hydrogen) atoms. The zero-order chi connectivity index (χ0) is 10.2. The van der Waals surface area contributed by atoms with E-state index in [0.29, 0.717) is 13.0 Å². The Balaban J connectivity index is 2.07. The molecule has 0 unspecified atom stereocenters. The second-order valence-corrected chi connectivity index (χ2v) is 3.01. The Morgan fingerprint density at radius 2 is 2.43 bits per heavy atom.